The Bertz CT molecular complexity index is 687. The molecule has 0 saturated heterocycles. The van der Waals surface area contributed by atoms with Crippen LogP contribution in [0.1, 0.15) is 10.4 Å². The number of anilines is 3. The number of nitrogens with zero attached hydrogens (tertiary/aromatic N) is 1. The smallest absolute Gasteiger partial charge is 0.260 e. The number of hydrogen-bond acceptors (Lipinski definition) is 3. The second kappa shape index (κ2) is 5.44. The van der Waals surface area contributed by atoms with Gasteiger partial charge in [0, 0.05) is 20.1 Å². The maximum absolute atomic E-state index is 13.8. The van der Waals surface area contributed by atoms with Gasteiger partial charge in [-0.1, -0.05) is 18.2 Å². The third kappa shape index (κ3) is 2.42. The molecule has 2 aromatic carbocycles. The van der Waals surface area contributed by atoms with Crippen LogP contribution < -0.4 is 15.5 Å². The van der Waals surface area contributed by atoms with Crippen molar-refractivity contribution in [2.75, 3.05) is 35.7 Å². The van der Waals surface area contributed by atoms with Crippen LogP contribution in [0.5, 0.6) is 0 Å². The van der Waals surface area contributed by atoms with Crippen LogP contribution in [0.2, 0.25) is 0 Å². The zero-order valence-electron chi connectivity index (χ0n) is 11.7. The fourth-order valence-electron chi connectivity index (χ4n) is 2.47. The first kappa shape index (κ1) is 13.4. The van der Waals surface area contributed by atoms with Crippen molar-refractivity contribution >= 4 is 23.0 Å². The summed E-state index contributed by atoms with van der Waals surface area (Å²) in [5.74, 6) is -0.655. The molecule has 0 unspecified atom stereocenters. The highest BCUT2D eigenvalue weighted by molar-refractivity contribution is 6.11. The van der Waals surface area contributed by atoms with E-state index >= 15 is 0 Å². The van der Waals surface area contributed by atoms with Gasteiger partial charge in [0.25, 0.3) is 5.91 Å². The van der Waals surface area contributed by atoms with E-state index in [1.165, 1.54) is 11.0 Å². The van der Waals surface area contributed by atoms with Crippen molar-refractivity contribution in [3.8, 4) is 0 Å². The first-order valence-electron chi connectivity index (χ1n) is 6.82. The molecule has 0 bridgehead atoms. The summed E-state index contributed by atoms with van der Waals surface area (Å²) in [5.41, 5.74) is 2.47. The monoisotopic (exact) mass is 285 g/mol. The molecule has 0 radical (unpaired) electrons. The van der Waals surface area contributed by atoms with Gasteiger partial charge < -0.3 is 15.5 Å². The minimum atomic E-state index is -0.413. The molecular weight excluding hydrogens is 269 g/mol. The minimum Gasteiger partial charge on any atom is -0.382 e. The number of para-hydroxylation sites is 2. The highest BCUT2D eigenvalue weighted by Crippen LogP contribution is 2.30. The normalized spacial score (nSPS) is 12.9. The molecule has 108 valence electrons. The highest BCUT2D eigenvalue weighted by atomic mass is 19.1. The van der Waals surface area contributed by atoms with Crippen LogP contribution in [0.25, 0.3) is 0 Å². The molecule has 1 aliphatic rings. The lowest BCUT2D eigenvalue weighted by Gasteiger charge is -2.25. The fraction of sp³-hybridized carbons (Fsp3) is 0.188. The second-order valence-corrected chi connectivity index (χ2v) is 4.90. The summed E-state index contributed by atoms with van der Waals surface area (Å²) in [4.78, 5) is 14.0. The fourth-order valence-corrected chi connectivity index (χ4v) is 2.47. The maximum Gasteiger partial charge on any atom is 0.260 e. The average molecular weight is 285 g/mol. The Kier molecular flexibility index (Phi) is 3.48. The van der Waals surface area contributed by atoms with E-state index in [0.717, 1.165) is 24.5 Å². The third-order valence-corrected chi connectivity index (χ3v) is 3.56. The molecule has 1 heterocycles. The van der Waals surface area contributed by atoms with Crippen LogP contribution in [0, 0.1) is 5.82 Å². The van der Waals surface area contributed by atoms with Crippen LogP contribution >= 0.6 is 0 Å². The lowest BCUT2D eigenvalue weighted by molar-refractivity contribution is 0.0993. The molecule has 5 heteroatoms. The molecule has 2 aromatic rings. The molecular formula is C16H16FN3O. The number of rotatable bonds is 2. The zero-order chi connectivity index (χ0) is 14.8. The van der Waals surface area contributed by atoms with Crippen LogP contribution in [-0.4, -0.2) is 26.0 Å². The Hall–Kier alpha value is -2.56. The molecule has 3 rings (SSSR count). The van der Waals surface area contributed by atoms with Crippen molar-refractivity contribution in [3.63, 3.8) is 0 Å². The van der Waals surface area contributed by atoms with Gasteiger partial charge in [0.1, 0.15) is 5.82 Å². The number of carbonyl (C=O) groups excluding carboxylic acids is 1. The second-order valence-electron chi connectivity index (χ2n) is 4.90. The number of benzene rings is 2. The minimum absolute atomic E-state index is 0.242. The lowest BCUT2D eigenvalue weighted by atomic mass is 10.1. The van der Waals surface area contributed by atoms with Crippen molar-refractivity contribution in [1.29, 1.82) is 0 Å². The van der Waals surface area contributed by atoms with E-state index in [2.05, 4.69) is 10.6 Å². The van der Waals surface area contributed by atoms with E-state index < -0.39 is 5.82 Å². The number of hydrogen-bond donors (Lipinski definition) is 2. The van der Waals surface area contributed by atoms with Gasteiger partial charge in [-0.3, -0.25) is 4.79 Å². The summed E-state index contributed by atoms with van der Waals surface area (Å²) in [7, 11) is 1.58. The Morgan fingerprint density at radius 3 is 2.67 bits per heavy atom. The Morgan fingerprint density at radius 2 is 1.86 bits per heavy atom. The zero-order valence-corrected chi connectivity index (χ0v) is 11.7. The van der Waals surface area contributed by atoms with E-state index in [4.69, 9.17) is 0 Å². The van der Waals surface area contributed by atoms with Gasteiger partial charge >= 0.3 is 0 Å². The Morgan fingerprint density at radius 1 is 1.10 bits per heavy atom. The Labute approximate surface area is 122 Å². The van der Waals surface area contributed by atoms with Crippen LogP contribution in [0.15, 0.2) is 42.5 Å². The number of halogens is 1. The predicted molar refractivity (Wildman–Crippen MR) is 82.6 cm³/mol. The molecule has 0 fully saturated rings. The molecule has 1 aliphatic heterocycles. The summed E-state index contributed by atoms with van der Waals surface area (Å²) >= 11 is 0. The lowest BCUT2D eigenvalue weighted by Crippen LogP contribution is -2.30. The summed E-state index contributed by atoms with van der Waals surface area (Å²) in [5, 5.41) is 6.47. The van der Waals surface area contributed by atoms with Crippen LogP contribution in [0.4, 0.5) is 21.5 Å². The molecule has 2 N–H and O–H groups in total. The van der Waals surface area contributed by atoms with Gasteiger partial charge in [-0.15, -0.1) is 0 Å². The number of carbonyl (C=O) groups is 1. The average Bonchev–Trinajstić information content (AvgIpc) is 2.53. The van der Waals surface area contributed by atoms with Crippen molar-refractivity contribution < 1.29 is 9.18 Å². The highest BCUT2D eigenvalue weighted by Gasteiger charge is 2.22. The number of fused-ring (bicyclic) bond motifs is 1. The quantitative estimate of drug-likeness (QED) is 0.891. The SMILES string of the molecule is CN(C(=O)c1cccc2c1NCCN2)c1ccccc1F. The van der Waals surface area contributed by atoms with Crippen molar-refractivity contribution in [1.82, 2.24) is 0 Å². The molecule has 0 atom stereocenters. The summed E-state index contributed by atoms with van der Waals surface area (Å²) in [6.45, 7) is 1.56. The van der Waals surface area contributed by atoms with Gasteiger partial charge in [-0.2, -0.15) is 0 Å². The van der Waals surface area contributed by atoms with E-state index in [1.54, 1.807) is 31.3 Å². The number of nitrogens with one attached hydrogen (secondary N) is 2. The largest absolute Gasteiger partial charge is 0.382 e. The molecule has 21 heavy (non-hydrogen) atoms. The Balaban J connectivity index is 1.98. The molecule has 4 nitrogen and oxygen atoms in total. The van der Waals surface area contributed by atoms with Gasteiger partial charge in [-0.25, -0.2) is 4.39 Å². The van der Waals surface area contributed by atoms with Crippen molar-refractivity contribution in [2.24, 2.45) is 0 Å². The molecule has 0 saturated carbocycles. The van der Waals surface area contributed by atoms with E-state index in [0.29, 0.717) is 5.56 Å². The van der Waals surface area contributed by atoms with Crippen LogP contribution in [0.3, 0.4) is 0 Å². The first-order valence-corrected chi connectivity index (χ1v) is 6.82. The van der Waals surface area contributed by atoms with Crippen molar-refractivity contribution in [2.45, 2.75) is 0 Å². The van der Waals surface area contributed by atoms with Gasteiger partial charge in [0.15, 0.2) is 0 Å². The summed E-state index contributed by atoms with van der Waals surface area (Å²) in [6.07, 6.45) is 0. The maximum atomic E-state index is 13.8. The van der Waals surface area contributed by atoms with Gasteiger partial charge in [-0.05, 0) is 24.3 Å². The van der Waals surface area contributed by atoms with Gasteiger partial charge in [0.05, 0.1) is 22.6 Å². The first-order chi connectivity index (χ1) is 10.2. The molecule has 1 amide bonds. The summed E-state index contributed by atoms with van der Waals surface area (Å²) in [6, 6.07) is 11.7. The van der Waals surface area contributed by atoms with E-state index in [1.807, 2.05) is 12.1 Å². The number of amides is 1. The molecule has 0 spiro atoms. The van der Waals surface area contributed by atoms with Crippen LogP contribution in [-0.2, 0) is 0 Å². The topological polar surface area (TPSA) is 44.4 Å². The predicted octanol–water partition coefficient (Wildman–Crippen LogP) is 2.94. The van der Waals surface area contributed by atoms with E-state index in [-0.39, 0.29) is 11.6 Å². The molecule has 0 aliphatic carbocycles. The van der Waals surface area contributed by atoms with E-state index in [9.17, 15) is 9.18 Å². The van der Waals surface area contributed by atoms with Gasteiger partial charge in [0.2, 0.25) is 0 Å². The molecule has 0 aromatic heterocycles. The standard InChI is InChI=1S/C16H16FN3O/c1-20(14-8-3-2-6-12(14)17)16(21)11-5-4-7-13-15(11)19-10-9-18-13/h2-8,18-19H,9-10H2,1H3. The van der Waals surface area contributed by atoms with Crippen molar-refractivity contribution in [3.05, 3.63) is 53.8 Å². The third-order valence-electron chi connectivity index (χ3n) is 3.56. The summed E-state index contributed by atoms with van der Waals surface area (Å²) < 4.78 is 13.8.